The van der Waals surface area contributed by atoms with Crippen LogP contribution in [0.3, 0.4) is 0 Å². The van der Waals surface area contributed by atoms with Crippen LogP contribution in [0.5, 0.6) is 5.75 Å². The highest BCUT2D eigenvalue weighted by atomic mass is 16.5. The molecular formula is C13H15NO. The van der Waals surface area contributed by atoms with Gasteiger partial charge in [0.05, 0.1) is 7.11 Å². The van der Waals surface area contributed by atoms with Crippen LogP contribution in [0, 0.1) is 6.92 Å². The van der Waals surface area contributed by atoms with Gasteiger partial charge in [0, 0.05) is 16.8 Å². The number of nitrogens with zero attached hydrogens (tertiary/aromatic N) is 1. The Labute approximate surface area is 89.9 Å². The van der Waals surface area contributed by atoms with Gasteiger partial charge in [-0.05, 0) is 36.9 Å². The van der Waals surface area contributed by atoms with E-state index in [1.54, 1.807) is 7.11 Å². The molecule has 0 amide bonds. The number of aromatic nitrogens is 1. The van der Waals surface area contributed by atoms with Crippen molar-refractivity contribution in [2.75, 3.05) is 7.11 Å². The summed E-state index contributed by atoms with van der Waals surface area (Å²) in [6, 6.07) is 8.25. The molecule has 2 rings (SSSR count). The number of aryl methyl sites for hydroxylation is 2. The van der Waals surface area contributed by atoms with E-state index in [9.17, 15) is 0 Å². The van der Waals surface area contributed by atoms with Gasteiger partial charge in [-0.15, -0.1) is 0 Å². The Kier molecular flexibility index (Phi) is 2.58. The van der Waals surface area contributed by atoms with Crippen molar-refractivity contribution >= 4 is 10.8 Å². The van der Waals surface area contributed by atoms with Crippen LogP contribution in [-0.2, 0) is 6.42 Å². The first-order chi connectivity index (χ1) is 7.24. The van der Waals surface area contributed by atoms with Crippen LogP contribution in [0.1, 0.15) is 18.3 Å². The second-order valence-electron chi connectivity index (χ2n) is 3.64. The van der Waals surface area contributed by atoms with Crippen LogP contribution >= 0.6 is 0 Å². The quantitative estimate of drug-likeness (QED) is 0.744. The number of ether oxygens (including phenoxy) is 1. The Hall–Kier alpha value is -1.57. The molecule has 78 valence electrons. The van der Waals surface area contributed by atoms with Gasteiger partial charge in [0.1, 0.15) is 5.75 Å². The summed E-state index contributed by atoms with van der Waals surface area (Å²) in [5.41, 5.74) is 2.22. The maximum absolute atomic E-state index is 5.21. The van der Waals surface area contributed by atoms with E-state index in [1.807, 2.05) is 19.1 Å². The van der Waals surface area contributed by atoms with E-state index in [1.165, 1.54) is 10.8 Å². The summed E-state index contributed by atoms with van der Waals surface area (Å²) in [6.45, 7) is 4.16. The number of fused-ring (bicyclic) bond motifs is 1. The second kappa shape index (κ2) is 3.89. The Bertz CT molecular complexity index is 491. The molecule has 0 unspecified atom stereocenters. The van der Waals surface area contributed by atoms with Crippen molar-refractivity contribution in [2.24, 2.45) is 0 Å². The summed E-state index contributed by atoms with van der Waals surface area (Å²) in [4.78, 5) is 4.54. The fourth-order valence-electron chi connectivity index (χ4n) is 1.77. The highest BCUT2D eigenvalue weighted by Crippen LogP contribution is 2.23. The number of hydrogen-bond acceptors (Lipinski definition) is 2. The van der Waals surface area contributed by atoms with E-state index in [0.29, 0.717) is 0 Å². The van der Waals surface area contributed by atoms with Crippen LogP contribution in [0.2, 0.25) is 0 Å². The lowest BCUT2D eigenvalue weighted by Crippen LogP contribution is -1.92. The molecule has 1 heterocycles. The molecule has 0 aliphatic carbocycles. The predicted molar refractivity (Wildman–Crippen MR) is 62.4 cm³/mol. The zero-order chi connectivity index (χ0) is 10.8. The summed E-state index contributed by atoms with van der Waals surface area (Å²) in [5, 5.41) is 2.41. The van der Waals surface area contributed by atoms with Crippen molar-refractivity contribution in [3.8, 4) is 5.75 Å². The largest absolute Gasteiger partial charge is 0.497 e. The molecule has 0 saturated carbocycles. The summed E-state index contributed by atoms with van der Waals surface area (Å²) in [5.74, 6) is 0.886. The van der Waals surface area contributed by atoms with Gasteiger partial charge in [-0.3, -0.25) is 4.98 Å². The zero-order valence-electron chi connectivity index (χ0n) is 9.37. The fourth-order valence-corrected chi connectivity index (χ4v) is 1.77. The molecule has 0 radical (unpaired) electrons. The second-order valence-corrected chi connectivity index (χ2v) is 3.64. The molecule has 1 aromatic heterocycles. The molecule has 1 aromatic carbocycles. The predicted octanol–water partition coefficient (Wildman–Crippen LogP) is 3.11. The first-order valence-electron chi connectivity index (χ1n) is 5.19. The minimum Gasteiger partial charge on any atom is -0.497 e. The van der Waals surface area contributed by atoms with Gasteiger partial charge in [0.15, 0.2) is 0 Å². The molecule has 0 aliphatic heterocycles. The van der Waals surface area contributed by atoms with E-state index < -0.39 is 0 Å². The summed E-state index contributed by atoms with van der Waals surface area (Å²) in [7, 11) is 1.68. The Morgan fingerprint density at radius 1 is 1.27 bits per heavy atom. The molecule has 0 spiro atoms. The molecular weight excluding hydrogens is 186 g/mol. The molecule has 2 aromatic rings. The summed E-state index contributed by atoms with van der Waals surface area (Å²) in [6.07, 6.45) is 0.975. The van der Waals surface area contributed by atoms with Crippen LogP contribution in [0.15, 0.2) is 24.3 Å². The summed E-state index contributed by atoms with van der Waals surface area (Å²) >= 11 is 0. The van der Waals surface area contributed by atoms with E-state index >= 15 is 0 Å². The molecule has 2 heteroatoms. The van der Waals surface area contributed by atoms with Gasteiger partial charge < -0.3 is 4.74 Å². The van der Waals surface area contributed by atoms with Crippen LogP contribution in [0.4, 0.5) is 0 Å². The zero-order valence-corrected chi connectivity index (χ0v) is 9.37. The van der Waals surface area contributed by atoms with Crippen molar-refractivity contribution < 1.29 is 4.74 Å². The van der Waals surface area contributed by atoms with Gasteiger partial charge in [0.25, 0.3) is 0 Å². The van der Waals surface area contributed by atoms with Gasteiger partial charge in [-0.2, -0.15) is 0 Å². The normalized spacial score (nSPS) is 10.6. The molecule has 0 atom stereocenters. The highest BCUT2D eigenvalue weighted by Gasteiger charge is 2.02. The Morgan fingerprint density at radius 2 is 2.07 bits per heavy atom. The lowest BCUT2D eigenvalue weighted by molar-refractivity contribution is 0.415. The van der Waals surface area contributed by atoms with Gasteiger partial charge in [0.2, 0.25) is 0 Å². The van der Waals surface area contributed by atoms with Gasteiger partial charge in [-0.25, -0.2) is 0 Å². The Morgan fingerprint density at radius 3 is 2.73 bits per heavy atom. The van der Waals surface area contributed by atoms with Crippen molar-refractivity contribution in [3.63, 3.8) is 0 Å². The lowest BCUT2D eigenvalue weighted by Gasteiger charge is -2.06. The third-order valence-electron chi connectivity index (χ3n) is 2.65. The molecule has 0 bridgehead atoms. The number of methoxy groups -OCH3 is 1. The maximum Gasteiger partial charge on any atom is 0.119 e. The topological polar surface area (TPSA) is 22.1 Å². The van der Waals surface area contributed by atoms with E-state index in [2.05, 4.69) is 24.0 Å². The third-order valence-corrected chi connectivity index (χ3v) is 2.65. The SMILES string of the molecule is CCc1cc2ccc(OC)cc2c(C)n1. The van der Waals surface area contributed by atoms with Crippen molar-refractivity contribution in [1.82, 2.24) is 4.98 Å². The van der Waals surface area contributed by atoms with Crippen molar-refractivity contribution in [1.29, 1.82) is 0 Å². The molecule has 0 aliphatic rings. The Balaban J connectivity index is 2.68. The molecule has 0 fully saturated rings. The van der Waals surface area contributed by atoms with Crippen LogP contribution in [0.25, 0.3) is 10.8 Å². The monoisotopic (exact) mass is 201 g/mol. The van der Waals surface area contributed by atoms with Crippen molar-refractivity contribution in [3.05, 3.63) is 35.7 Å². The maximum atomic E-state index is 5.21. The molecule has 0 saturated heterocycles. The third kappa shape index (κ3) is 1.80. The highest BCUT2D eigenvalue weighted by molar-refractivity contribution is 5.86. The minimum atomic E-state index is 0.886. The van der Waals surface area contributed by atoms with Gasteiger partial charge >= 0.3 is 0 Å². The van der Waals surface area contributed by atoms with Crippen molar-refractivity contribution in [2.45, 2.75) is 20.3 Å². The van der Waals surface area contributed by atoms with Crippen LogP contribution < -0.4 is 4.74 Å². The van der Waals surface area contributed by atoms with E-state index in [0.717, 1.165) is 23.6 Å². The number of pyridine rings is 1. The van der Waals surface area contributed by atoms with Crippen LogP contribution in [-0.4, -0.2) is 12.1 Å². The van der Waals surface area contributed by atoms with E-state index in [4.69, 9.17) is 4.74 Å². The lowest BCUT2D eigenvalue weighted by atomic mass is 10.1. The molecule has 0 N–H and O–H groups in total. The first-order valence-corrected chi connectivity index (χ1v) is 5.19. The minimum absolute atomic E-state index is 0.886. The van der Waals surface area contributed by atoms with E-state index in [-0.39, 0.29) is 0 Å². The number of hydrogen-bond donors (Lipinski definition) is 0. The summed E-state index contributed by atoms with van der Waals surface area (Å²) < 4.78 is 5.21. The average molecular weight is 201 g/mol. The standard InChI is InChI=1S/C13H15NO/c1-4-11-7-10-5-6-12(15-3)8-13(10)9(2)14-11/h5-8H,4H2,1-3H3. The van der Waals surface area contributed by atoms with Gasteiger partial charge in [-0.1, -0.05) is 13.0 Å². The fraction of sp³-hybridized carbons (Fsp3) is 0.308. The smallest absolute Gasteiger partial charge is 0.119 e. The number of benzene rings is 1. The first kappa shape index (κ1) is 9.97. The average Bonchev–Trinajstić information content (AvgIpc) is 2.28. The molecule has 15 heavy (non-hydrogen) atoms. The molecule has 2 nitrogen and oxygen atoms in total. The number of rotatable bonds is 2.